The minimum atomic E-state index is -0.547. The van der Waals surface area contributed by atoms with Crippen molar-refractivity contribution in [3.63, 3.8) is 0 Å². The van der Waals surface area contributed by atoms with Gasteiger partial charge in [0, 0.05) is 8.80 Å². The highest BCUT2D eigenvalue weighted by Gasteiger charge is 2.14. The van der Waals surface area contributed by atoms with E-state index >= 15 is 0 Å². The molecule has 0 nitrogen and oxygen atoms in total. The molecule has 0 unspecified atom stereocenters. The van der Waals surface area contributed by atoms with Gasteiger partial charge in [0.15, 0.2) is 0 Å². The van der Waals surface area contributed by atoms with Gasteiger partial charge in [0.2, 0.25) is 0 Å². The van der Waals surface area contributed by atoms with Gasteiger partial charge in [-0.1, -0.05) is 33.2 Å². The van der Waals surface area contributed by atoms with E-state index in [1.165, 1.54) is 12.5 Å². The maximum absolute atomic E-state index is 2.34. The molecule has 0 aliphatic carbocycles. The van der Waals surface area contributed by atoms with Gasteiger partial charge in [0.25, 0.3) is 0 Å². The van der Waals surface area contributed by atoms with Gasteiger partial charge in [-0.15, -0.1) is 0 Å². The van der Waals surface area contributed by atoms with E-state index in [4.69, 9.17) is 0 Å². The maximum Gasteiger partial charge on any atom is 0.00917 e. The van der Waals surface area contributed by atoms with Crippen LogP contribution in [0.25, 0.3) is 0 Å². The monoisotopic (exact) mass is 241 g/mol. The summed E-state index contributed by atoms with van der Waals surface area (Å²) in [5, 5.41) is 3.12. The quantitative estimate of drug-likeness (QED) is 0.570. The Hall–Kier alpha value is -1.08. The Morgan fingerprint density at radius 1 is 1.18 bits per heavy atom. The normalized spacial score (nSPS) is 12.2. The summed E-state index contributed by atoms with van der Waals surface area (Å²) in [5.41, 5.74) is 0.440. The van der Waals surface area contributed by atoms with Crippen molar-refractivity contribution in [3.8, 4) is 0 Å². The lowest BCUT2D eigenvalue weighted by Crippen LogP contribution is -2.41. The Bertz CT molecular complexity index is 380. The van der Waals surface area contributed by atoms with Gasteiger partial charge in [-0.25, -0.2) is 23.4 Å². The van der Waals surface area contributed by atoms with Crippen LogP contribution in [-0.4, -0.2) is 8.80 Å². The summed E-state index contributed by atoms with van der Waals surface area (Å²) < 4.78 is 0. The van der Waals surface area contributed by atoms with Gasteiger partial charge in [-0.3, -0.25) is 0 Å². The number of hydrogen-bond donors (Lipinski definition) is 0. The second-order valence-electron chi connectivity index (χ2n) is 5.89. The zero-order valence-corrected chi connectivity index (χ0v) is 12.0. The van der Waals surface area contributed by atoms with Crippen molar-refractivity contribution >= 4 is 19.2 Å². The molecule has 0 heterocycles. The fraction of sp³-hybridized carbons (Fsp3) is 0.375. The Labute approximate surface area is 107 Å². The van der Waals surface area contributed by atoms with E-state index < -0.39 is 8.80 Å². The number of hydrogen-bond acceptors (Lipinski definition) is 0. The zero-order chi connectivity index (χ0) is 12.3. The molecule has 2 rings (SSSR count). The minimum Gasteiger partial charge on any atom is -0.215 e. The molecule has 0 atom stereocenters. The Balaban J connectivity index is 2.15. The summed E-state index contributed by atoms with van der Waals surface area (Å²) in [6.45, 7) is 7.01. The first kappa shape index (κ1) is 12.4. The highest BCUT2D eigenvalue weighted by molar-refractivity contribution is 6.85. The predicted molar refractivity (Wildman–Crippen MR) is 78.0 cm³/mol. The van der Waals surface area contributed by atoms with Gasteiger partial charge < -0.3 is 0 Å². The molecule has 0 aliphatic heterocycles. The summed E-state index contributed by atoms with van der Waals surface area (Å²) >= 11 is 0. The van der Waals surface area contributed by atoms with Crippen molar-refractivity contribution < 1.29 is 0 Å². The van der Waals surface area contributed by atoms with Crippen LogP contribution < -0.4 is 10.4 Å². The van der Waals surface area contributed by atoms with Crippen molar-refractivity contribution in [2.24, 2.45) is 5.41 Å². The highest BCUT2D eigenvalue weighted by atomic mass is 28.3. The lowest BCUT2D eigenvalue weighted by molar-refractivity contribution is 0.397. The molecule has 1 heteroatoms. The zero-order valence-electron chi connectivity index (χ0n) is 11.0. The van der Waals surface area contributed by atoms with E-state index in [1.807, 2.05) is 0 Å². The molecular formula is C16H21Si-2. The fourth-order valence-electron chi connectivity index (χ4n) is 2.11. The van der Waals surface area contributed by atoms with Crippen LogP contribution in [0.2, 0.25) is 6.04 Å². The molecule has 2 aromatic carbocycles. The average Bonchev–Trinajstić information content (AvgIpc) is 2.86. The SMILES string of the molecule is CC(C)(C)CC[Si](c1cc[cH-]c1)c1ccc[cH-]1. The van der Waals surface area contributed by atoms with Gasteiger partial charge in [-0.2, -0.15) is 35.5 Å². The first-order chi connectivity index (χ1) is 8.06. The molecule has 17 heavy (non-hydrogen) atoms. The fourth-order valence-corrected chi connectivity index (χ4v) is 5.21. The van der Waals surface area contributed by atoms with Crippen LogP contribution in [0.5, 0.6) is 0 Å². The largest absolute Gasteiger partial charge is 0.215 e. The third-order valence-corrected chi connectivity index (χ3v) is 5.96. The summed E-state index contributed by atoms with van der Waals surface area (Å²) in [6, 6.07) is 19.2. The van der Waals surface area contributed by atoms with Crippen LogP contribution in [0.1, 0.15) is 27.2 Å². The average molecular weight is 241 g/mol. The second kappa shape index (κ2) is 5.05. The van der Waals surface area contributed by atoms with E-state index in [0.29, 0.717) is 5.41 Å². The molecule has 0 spiro atoms. The summed E-state index contributed by atoms with van der Waals surface area (Å²) in [4.78, 5) is 0. The Morgan fingerprint density at radius 3 is 2.53 bits per heavy atom. The van der Waals surface area contributed by atoms with Crippen molar-refractivity contribution in [1.82, 2.24) is 0 Å². The van der Waals surface area contributed by atoms with E-state index in [2.05, 4.69) is 69.3 Å². The molecule has 0 fully saturated rings. The molecule has 0 amide bonds. The first-order valence-electron chi connectivity index (χ1n) is 6.36. The third-order valence-electron chi connectivity index (χ3n) is 3.15. The standard InChI is InChI=1S/C16H21Si/c1-16(2,3)12-13-17(14-8-4-5-9-14)15-10-6-7-11-15/h4-11H,12-13H2,1-3H3/q-2. The van der Waals surface area contributed by atoms with Crippen LogP contribution in [0.4, 0.5) is 0 Å². The minimum absolute atomic E-state index is 0.440. The van der Waals surface area contributed by atoms with Crippen molar-refractivity contribution in [1.29, 1.82) is 0 Å². The summed E-state index contributed by atoms with van der Waals surface area (Å²) in [6.07, 6.45) is 1.30. The van der Waals surface area contributed by atoms with E-state index in [0.717, 1.165) is 0 Å². The number of rotatable bonds is 4. The molecule has 0 saturated heterocycles. The molecule has 0 aromatic heterocycles. The van der Waals surface area contributed by atoms with Crippen molar-refractivity contribution in [3.05, 3.63) is 48.5 Å². The first-order valence-corrected chi connectivity index (χ1v) is 8.07. The topological polar surface area (TPSA) is 0 Å². The molecule has 2 aromatic rings. The van der Waals surface area contributed by atoms with Crippen LogP contribution in [-0.2, 0) is 0 Å². The summed E-state index contributed by atoms with van der Waals surface area (Å²) in [5.74, 6) is 0. The van der Waals surface area contributed by atoms with Gasteiger partial charge >= 0.3 is 0 Å². The van der Waals surface area contributed by atoms with Crippen molar-refractivity contribution in [2.45, 2.75) is 33.2 Å². The molecule has 0 bridgehead atoms. The predicted octanol–water partition coefficient (Wildman–Crippen LogP) is 3.17. The van der Waals surface area contributed by atoms with Crippen LogP contribution in [0.3, 0.4) is 0 Å². The van der Waals surface area contributed by atoms with Gasteiger partial charge in [0.1, 0.15) is 0 Å². The Kier molecular flexibility index (Phi) is 3.68. The molecule has 0 saturated carbocycles. The van der Waals surface area contributed by atoms with E-state index in [-0.39, 0.29) is 0 Å². The van der Waals surface area contributed by atoms with E-state index in [9.17, 15) is 0 Å². The van der Waals surface area contributed by atoms with Crippen LogP contribution in [0, 0.1) is 5.41 Å². The summed E-state index contributed by atoms with van der Waals surface area (Å²) in [7, 11) is -0.547. The van der Waals surface area contributed by atoms with Crippen LogP contribution >= 0.6 is 0 Å². The molecule has 1 radical (unpaired) electrons. The second-order valence-corrected chi connectivity index (χ2v) is 8.50. The smallest absolute Gasteiger partial charge is 0.00917 e. The van der Waals surface area contributed by atoms with E-state index in [1.54, 1.807) is 10.4 Å². The van der Waals surface area contributed by atoms with Gasteiger partial charge in [-0.05, 0) is 5.41 Å². The van der Waals surface area contributed by atoms with Crippen LogP contribution in [0.15, 0.2) is 48.5 Å². The Morgan fingerprint density at radius 2 is 2.00 bits per heavy atom. The molecule has 91 valence electrons. The maximum atomic E-state index is 2.34. The van der Waals surface area contributed by atoms with Gasteiger partial charge in [0.05, 0.1) is 0 Å². The molecule has 0 N–H and O–H groups in total. The lowest BCUT2D eigenvalue weighted by Gasteiger charge is -2.27. The third kappa shape index (κ3) is 3.44. The molecule has 0 aliphatic rings. The highest BCUT2D eigenvalue weighted by Crippen LogP contribution is 2.22. The lowest BCUT2D eigenvalue weighted by atomic mass is 9.94. The molecular weight excluding hydrogens is 220 g/mol. The van der Waals surface area contributed by atoms with Crippen molar-refractivity contribution in [2.75, 3.05) is 0 Å².